The van der Waals surface area contributed by atoms with Gasteiger partial charge in [0.25, 0.3) is 5.91 Å². The molecular formula is C28H25N7O2S. The maximum Gasteiger partial charge on any atom is 0.257 e. The van der Waals surface area contributed by atoms with Crippen molar-refractivity contribution < 1.29 is 9.59 Å². The maximum absolute atomic E-state index is 13.1. The van der Waals surface area contributed by atoms with E-state index in [4.69, 9.17) is 10.7 Å². The minimum Gasteiger partial charge on any atom is -0.382 e. The van der Waals surface area contributed by atoms with Gasteiger partial charge in [0.1, 0.15) is 22.9 Å². The average Bonchev–Trinajstić information content (AvgIpc) is 3.54. The molecule has 0 radical (unpaired) electrons. The van der Waals surface area contributed by atoms with Gasteiger partial charge >= 0.3 is 0 Å². The number of anilines is 2. The van der Waals surface area contributed by atoms with Crippen LogP contribution >= 0.6 is 11.3 Å². The minimum absolute atomic E-state index is 0.122. The Kier molecular flexibility index (Phi) is 6.09. The summed E-state index contributed by atoms with van der Waals surface area (Å²) in [5.41, 5.74) is 9.62. The number of carbonyl (C=O) groups excluding carboxylic acids is 2. The van der Waals surface area contributed by atoms with Gasteiger partial charge in [-0.1, -0.05) is 42.2 Å². The molecule has 5 aromatic rings. The molecule has 1 fully saturated rings. The first-order valence-corrected chi connectivity index (χ1v) is 13.2. The van der Waals surface area contributed by atoms with Gasteiger partial charge in [0, 0.05) is 30.1 Å². The Morgan fingerprint density at radius 3 is 2.84 bits per heavy atom. The Balaban J connectivity index is 1.39. The predicted octanol–water partition coefficient (Wildman–Crippen LogP) is 5.08. The standard InChI is InChI=1S/C28H25N7O2S/c1-2-22(36)34-14-6-5-11-20(34)26-32-23(24-25(29)30-13-15-35(24)26)17-8-7-9-18(16-17)27(37)33-28-31-19-10-3-4-12-21(19)38-28/h2-4,7-10,12-13,15-16,20H,1,5-6,11,14H2,(H2,29,30)(H,31,33,37)/t20-/m0/s1. The first-order chi connectivity index (χ1) is 18.5. The molecule has 190 valence electrons. The smallest absolute Gasteiger partial charge is 0.257 e. The largest absolute Gasteiger partial charge is 0.382 e. The molecule has 4 heterocycles. The molecule has 10 heteroatoms. The Hall–Kier alpha value is -4.57. The van der Waals surface area contributed by atoms with Crippen molar-refractivity contribution in [3.05, 3.63) is 85.0 Å². The Morgan fingerprint density at radius 1 is 1.13 bits per heavy atom. The van der Waals surface area contributed by atoms with Crippen LogP contribution in [0.15, 0.2) is 73.6 Å². The summed E-state index contributed by atoms with van der Waals surface area (Å²) in [6.45, 7) is 4.31. The molecule has 3 N–H and O–H groups in total. The number of piperidine rings is 1. The Morgan fingerprint density at radius 2 is 2.00 bits per heavy atom. The maximum atomic E-state index is 13.1. The third kappa shape index (κ3) is 4.18. The molecular weight excluding hydrogens is 498 g/mol. The van der Waals surface area contributed by atoms with Gasteiger partial charge in [-0.3, -0.25) is 19.3 Å². The number of aromatic nitrogens is 4. The van der Waals surface area contributed by atoms with E-state index in [1.165, 1.54) is 17.4 Å². The number of nitrogen functional groups attached to an aromatic ring is 1. The van der Waals surface area contributed by atoms with E-state index >= 15 is 0 Å². The summed E-state index contributed by atoms with van der Waals surface area (Å²) in [7, 11) is 0. The van der Waals surface area contributed by atoms with Crippen LogP contribution in [-0.2, 0) is 4.79 Å². The highest BCUT2D eigenvalue weighted by molar-refractivity contribution is 7.22. The first-order valence-electron chi connectivity index (χ1n) is 12.4. The number of nitrogens with two attached hydrogens (primary N) is 1. The molecule has 9 nitrogen and oxygen atoms in total. The molecule has 0 spiro atoms. The van der Waals surface area contributed by atoms with Crippen LogP contribution in [0, 0.1) is 0 Å². The summed E-state index contributed by atoms with van der Waals surface area (Å²) in [4.78, 5) is 41.4. The van der Waals surface area contributed by atoms with Crippen molar-refractivity contribution >= 4 is 49.8 Å². The minimum atomic E-state index is -0.268. The number of nitrogens with zero attached hydrogens (tertiary/aromatic N) is 5. The number of imidazole rings is 1. The van der Waals surface area contributed by atoms with Crippen molar-refractivity contribution in [2.75, 3.05) is 17.6 Å². The summed E-state index contributed by atoms with van der Waals surface area (Å²) in [6.07, 6.45) is 7.48. The van der Waals surface area contributed by atoms with Crippen molar-refractivity contribution in [2.24, 2.45) is 0 Å². The van der Waals surface area contributed by atoms with Crippen molar-refractivity contribution in [2.45, 2.75) is 25.3 Å². The highest BCUT2D eigenvalue weighted by Gasteiger charge is 2.31. The molecule has 1 atom stereocenters. The van der Waals surface area contributed by atoms with Gasteiger partial charge in [0.05, 0.1) is 16.3 Å². The van der Waals surface area contributed by atoms with E-state index in [1.54, 1.807) is 18.3 Å². The fourth-order valence-corrected chi connectivity index (χ4v) is 5.87. The number of hydrogen-bond donors (Lipinski definition) is 2. The van der Waals surface area contributed by atoms with Crippen LogP contribution in [0.25, 0.3) is 27.0 Å². The van der Waals surface area contributed by atoms with Crippen molar-refractivity contribution in [3.8, 4) is 11.3 Å². The number of thiazole rings is 1. The second-order valence-electron chi connectivity index (χ2n) is 9.12. The number of amides is 2. The number of para-hydroxylation sites is 1. The normalized spacial score (nSPS) is 15.6. The summed E-state index contributed by atoms with van der Waals surface area (Å²) in [5, 5.41) is 3.44. The molecule has 1 aliphatic heterocycles. The molecule has 2 amide bonds. The van der Waals surface area contributed by atoms with Crippen LogP contribution in [0.4, 0.5) is 10.9 Å². The summed E-state index contributed by atoms with van der Waals surface area (Å²) < 4.78 is 2.91. The fraction of sp³-hybridized carbons (Fsp3) is 0.179. The summed E-state index contributed by atoms with van der Waals surface area (Å²) in [5.74, 6) is 0.644. The molecule has 38 heavy (non-hydrogen) atoms. The quantitative estimate of drug-likeness (QED) is 0.310. The number of nitrogens with one attached hydrogen (secondary N) is 1. The lowest BCUT2D eigenvalue weighted by molar-refractivity contribution is -0.129. The van der Waals surface area contributed by atoms with Crippen LogP contribution in [0.3, 0.4) is 0 Å². The number of likely N-dealkylation sites (tertiary alicyclic amines) is 1. The highest BCUT2D eigenvalue weighted by Crippen LogP contribution is 2.36. The predicted molar refractivity (Wildman–Crippen MR) is 149 cm³/mol. The van der Waals surface area contributed by atoms with E-state index in [2.05, 4.69) is 21.9 Å². The zero-order valence-corrected chi connectivity index (χ0v) is 21.3. The van der Waals surface area contributed by atoms with E-state index in [0.29, 0.717) is 40.1 Å². The topological polar surface area (TPSA) is 119 Å². The van der Waals surface area contributed by atoms with Crippen molar-refractivity contribution in [1.82, 2.24) is 24.3 Å². The van der Waals surface area contributed by atoms with Crippen LogP contribution in [0.5, 0.6) is 0 Å². The second kappa shape index (κ2) is 9.71. The van der Waals surface area contributed by atoms with Crippen LogP contribution < -0.4 is 11.1 Å². The summed E-state index contributed by atoms with van der Waals surface area (Å²) >= 11 is 1.43. The molecule has 1 saturated heterocycles. The zero-order valence-electron chi connectivity index (χ0n) is 20.5. The van der Waals surface area contributed by atoms with Crippen LogP contribution in [0.1, 0.15) is 41.5 Å². The molecule has 0 bridgehead atoms. The number of hydrogen-bond acceptors (Lipinski definition) is 7. The molecule has 0 saturated carbocycles. The monoisotopic (exact) mass is 523 g/mol. The lowest BCUT2D eigenvalue weighted by Gasteiger charge is -2.34. The highest BCUT2D eigenvalue weighted by atomic mass is 32.1. The van der Waals surface area contributed by atoms with E-state index in [-0.39, 0.29) is 17.9 Å². The van der Waals surface area contributed by atoms with Gasteiger partial charge in [0.15, 0.2) is 5.13 Å². The van der Waals surface area contributed by atoms with Crippen LogP contribution in [0.2, 0.25) is 0 Å². The first kappa shape index (κ1) is 23.8. The molecule has 6 rings (SSSR count). The van der Waals surface area contributed by atoms with Crippen molar-refractivity contribution in [1.29, 1.82) is 0 Å². The third-order valence-electron chi connectivity index (χ3n) is 6.78. The third-order valence-corrected chi connectivity index (χ3v) is 7.73. The molecule has 0 aliphatic carbocycles. The molecule has 0 unspecified atom stereocenters. The Labute approximate surface area is 222 Å². The van der Waals surface area contributed by atoms with Gasteiger partial charge in [-0.2, -0.15) is 0 Å². The number of rotatable bonds is 5. The fourth-order valence-electron chi connectivity index (χ4n) is 5.01. The number of benzene rings is 2. The average molecular weight is 524 g/mol. The van der Waals surface area contributed by atoms with Gasteiger partial charge in [-0.15, -0.1) is 0 Å². The second-order valence-corrected chi connectivity index (χ2v) is 10.1. The van der Waals surface area contributed by atoms with E-state index in [0.717, 1.165) is 35.0 Å². The lowest BCUT2D eigenvalue weighted by atomic mass is 10.0. The SMILES string of the molecule is C=CC(=O)N1CCCC[C@H]1c1nc(-c2cccc(C(=O)Nc3nc4ccccc4s3)c2)c2c(N)nccn12. The number of carbonyl (C=O) groups is 2. The van der Waals surface area contributed by atoms with Crippen molar-refractivity contribution in [3.63, 3.8) is 0 Å². The molecule has 1 aliphatic rings. The van der Waals surface area contributed by atoms with Crippen LogP contribution in [-0.4, -0.2) is 42.6 Å². The van der Waals surface area contributed by atoms with E-state index < -0.39 is 0 Å². The van der Waals surface area contributed by atoms with Gasteiger partial charge in [-0.25, -0.2) is 15.0 Å². The van der Waals surface area contributed by atoms with E-state index in [1.807, 2.05) is 51.9 Å². The summed E-state index contributed by atoms with van der Waals surface area (Å²) in [6, 6.07) is 14.8. The Bertz CT molecular complexity index is 1670. The molecule has 2 aromatic carbocycles. The van der Waals surface area contributed by atoms with Gasteiger partial charge in [0.2, 0.25) is 5.91 Å². The number of fused-ring (bicyclic) bond motifs is 2. The lowest BCUT2D eigenvalue weighted by Crippen LogP contribution is -2.38. The van der Waals surface area contributed by atoms with E-state index in [9.17, 15) is 9.59 Å². The molecule has 3 aromatic heterocycles. The van der Waals surface area contributed by atoms with Gasteiger partial charge in [-0.05, 0) is 49.6 Å². The van der Waals surface area contributed by atoms with Gasteiger partial charge < -0.3 is 10.6 Å². The zero-order chi connectivity index (χ0) is 26.2.